The Bertz CT molecular complexity index is 1060. The Labute approximate surface area is 173 Å². The maximum Gasteiger partial charge on any atom is 0.340 e. The quantitative estimate of drug-likeness (QED) is 0.492. The van der Waals surface area contributed by atoms with E-state index in [4.69, 9.17) is 32.7 Å². The lowest BCUT2D eigenvalue weighted by Crippen LogP contribution is -2.20. The third-order valence-electron chi connectivity index (χ3n) is 4.70. The number of halogens is 2. The maximum atomic E-state index is 12.8. The average Bonchev–Trinajstić information content (AvgIpc) is 2.68. The van der Waals surface area contributed by atoms with Gasteiger partial charge in [-0.15, -0.1) is 0 Å². The second-order valence-corrected chi connectivity index (χ2v) is 7.28. The molecule has 0 spiro atoms. The summed E-state index contributed by atoms with van der Waals surface area (Å²) in [4.78, 5) is 17.2. The summed E-state index contributed by atoms with van der Waals surface area (Å²) in [5.41, 5.74) is 4.20. The molecule has 0 radical (unpaired) electrons. The first-order valence-corrected chi connectivity index (χ1v) is 9.64. The van der Waals surface area contributed by atoms with Crippen molar-refractivity contribution in [3.05, 3.63) is 81.1 Å². The van der Waals surface area contributed by atoms with Crippen LogP contribution in [0.4, 0.5) is 0 Å². The number of carbonyl (C=O) groups excluding carboxylic acids is 1. The number of aromatic nitrogens is 1. The van der Waals surface area contributed by atoms with Crippen molar-refractivity contribution in [1.82, 2.24) is 4.98 Å². The van der Waals surface area contributed by atoms with Crippen LogP contribution in [0.5, 0.6) is 5.75 Å². The predicted molar refractivity (Wildman–Crippen MR) is 109 cm³/mol. The molecule has 3 aromatic rings. The number of carbonyl (C=O) groups is 1. The van der Waals surface area contributed by atoms with E-state index in [9.17, 15) is 4.79 Å². The van der Waals surface area contributed by atoms with Crippen molar-refractivity contribution >= 4 is 29.2 Å². The van der Waals surface area contributed by atoms with Crippen molar-refractivity contribution in [3.63, 3.8) is 0 Å². The molecule has 4 nitrogen and oxygen atoms in total. The van der Waals surface area contributed by atoms with Crippen LogP contribution in [0.15, 0.2) is 48.7 Å². The van der Waals surface area contributed by atoms with E-state index in [0.29, 0.717) is 27.1 Å². The number of rotatable bonds is 3. The molecule has 0 saturated heterocycles. The van der Waals surface area contributed by atoms with Gasteiger partial charge in [0.25, 0.3) is 0 Å². The second-order valence-electron chi connectivity index (χ2n) is 6.44. The molecule has 0 aliphatic carbocycles. The van der Waals surface area contributed by atoms with Gasteiger partial charge in [0, 0.05) is 27.9 Å². The van der Waals surface area contributed by atoms with Crippen molar-refractivity contribution in [2.75, 3.05) is 6.61 Å². The van der Waals surface area contributed by atoms with Crippen LogP contribution in [-0.2, 0) is 4.74 Å². The van der Waals surface area contributed by atoms with Gasteiger partial charge < -0.3 is 9.47 Å². The van der Waals surface area contributed by atoms with E-state index in [1.54, 1.807) is 38.2 Å². The van der Waals surface area contributed by atoms with Crippen LogP contribution in [0.1, 0.15) is 40.2 Å². The minimum absolute atomic E-state index is 0.279. The fourth-order valence-electron chi connectivity index (χ4n) is 3.45. The second kappa shape index (κ2) is 7.46. The third-order valence-corrected chi connectivity index (χ3v) is 5.25. The summed E-state index contributed by atoms with van der Waals surface area (Å²) < 4.78 is 11.6. The third kappa shape index (κ3) is 3.13. The summed E-state index contributed by atoms with van der Waals surface area (Å²) in [6, 6.07) is 12.9. The Morgan fingerprint density at radius 1 is 1.18 bits per heavy atom. The molecule has 6 heteroatoms. The summed E-state index contributed by atoms with van der Waals surface area (Å²) in [7, 11) is 0. The van der Waals surface area contributed by atoms with Crippen LogP contribution in [0, 0.1) is 6.92 Å². The molecule has 4 rings (SSSR count). The SMILES string of the molecule is CCOC(=O)c1c(C)ncc2c1-c1cccc(Cl)c1OC2c1ccc(Cl)cc1. The molecule has 142 valence electrons. The minimum atomic E-state index is -0.471. The molecule has 1 atom stereocenters. The zero-order valence-electron chi connectivity index (χ0n) is 15.3. The smallest absolute Gasteiger partial charge is 0.340 e. The first-order chi connectivity index (χ1) is 13.5. The summed E-state index contributed by atoms with van der Waals surface area (Å²) in [5, 5.41) is 1.11. The Hall–Kier alpha value is -2.56. The number of pyridine rings is 1. The zero-order chi connectivity index (χ0) is 19.8. The zero-order valence-corrected chi connectivity index (χ0v) is 16.8. The lowest BCUT2D eigenvalue weighted by Gasteiger charge is -2.31. The molecule has 0 fully saturated rings. The van der Waals surface area contributed by atoms with Crippen LogP contribution in [0.2, 0.25) is 10.0 Å². The molecule has 0 saturated carbocycles. The summed E-state index contributed by atoms with van der Waals surface area (Å²) in [6.45, 7) is 3.85. The number of ether oxygens (including phenoxy) is 2. The van der Waals surface area contributed by atoms with Gasteiger partial charge in [-0.05, 0) is 37.6 Å². The van der Waals surface area contributed by atoms with E-state index in [0.717, 1.165) is 22.3 Å². The van der Waals surface area contributed by atoms with Gasteiger partial charge in [-0.2, -0.15) is 0 Å². The molecule has 2 aromatic carbocycles. The van der Waals surface area contributed by atoms with E-state index in [1.807, 2.05) is 24.3 Å². The Kier molecular flexibility index (Phi) is 5.00. The molecule has 0 amide bonds. The highest BCUT2D eigenvalue weighted by Gasteiger charge is 2.34. The summed E-state index contributed by atoms with van der Waals surface area (Å²) in [5.74, 6) is 0.125. The fraction of sp³-hybridized carbons (Fsp3) is 0.182. The van der Waals surface area contributed by atoms with Crippen molar-refractivity contribution in [2.45, 2.75) is 20.0 Å². The Balaban J connectivity index is 2.01. The van der Waals surface area contributed by atoms with Crippen molar-refractivity contribution < 1.29 is 14.3 Å². The first kappa shape index (κ1) is 18.8. The first-order valence-electron chi connectivity index (χ1n) is 8.89. The number of hydrogen-bond donors (Lipinski definition) is 0. The molecule has 0 bridgehead atoms. The van der Waals surface area contributed by atoms with Crippen LogP contribution in [0.25, 0.3) is 11.1 Å². The fourth-order valence-corrected chi connectivity index (χ4v) is 3.80. The number of nitrogens with zero attached hydrogens (tertiary/aromatic N) is 1. The van der Waals surface area contributed by atoms with E-state index in [2.05, 4.69) is 4.98 Å². The van der Waals surface area contributed by atoms with Crippen molar-refractivity contribution in [2.24, 2.45) is 0 Å². The molecule has 1 aliphatic heterocycles. The summed E-state index contributed by atoms with van der Waals surface area (Å²) in [6.07, 6.45) is 1.28. The number of fused-ring (bicyclic) bond motifs is 3. The summed E-state index contributed by atoms with van der Waals surface area (Å²) >= 11 is 12.5. The largest absolute Gasteiger partial charge is 0.479 e. The van der Waals surface area contributed by atoms with Gasteiger partial charge in [0.1, 0.15) is 5.75 Å². The highest BCUT2D eigenvalue weighted by molar-refractivity contribution is 6.32. The lowest BCUT2D eigenvalue weighted by atomic mass is 9.87. The average molecular weight is 414 g/mol. The molecule has 0 N–H and O–H groups in total. The van der Waals surface area contributed by atoms with Gasteiger partial charge in [-0.25, -0.2) is 4.79 Å². The van der Waals surface area contributed by atoms with Gasteiger partial charge in [0.15, 0.2) is 6.10 Å². The van der Waals surface area contributed by atoms with Crippen LogP contribution in [0.3, 0.4) is 0 Å². The molecular formula is C22H17Cl2NO3. The van der Waals surface area contributed by atoms with Crippen LogP contribution in [-0.4, -0.2) is 17.6 Å². The number of hydrogen-bond acceptors (Lipinski definition) is 4. The Morgan fingerprint density at radius 2 is 1.93 bits per heavy atom. The van der Waals surface area contributed by atoms with E-state index in [1.165, 1.54) is 0 Å². The molecule has 1 unspecified atom stereocenters. The van der Waals surface area contributed by atoms with Crippen LogP contribution < -0.4 is 4.74 Å². The minimum Gasteiger partial charge on any atom is -0.479 e. The van der Waals surface area contributed by atoms with Gasteiger partial charge in [-0.1, -0.05) is 47.5 Å². The Morgan fingerprint density at radius 3 is 2.64 bits per heavy atom. The van der Waals surface area contributed by atoms with Crippen molar-refractivity contribution in [3.8, 4) is 16.9 Å². The predicted octanol–water partition coefficient (Wildman–Crippen LogP) is 6.02. The molecular weight excluding hydrogens is 397 g/mol. The van der Waals surface area contributed by atoms with Crippen LogP contribution >= 0.6 is 23.2 Å². The number of benzene rings is 2. The van der Waals surface area contributed by atoms with Gasteiger partial charge in [0.2, 0.25) is 0 Å². The highest BCUT2D eigenvalue weighted by atomic mass is 35.5. The number of aryl methyl sites for hydroxylation is 1. The van der Waals surface area contributed by atoms with Gasteiger partial charge in [0.05, 0.1) is 22.9 Å². The molecule has 2 heterocycles. The van der Waals surface area contributed by atoms with Crippen molar-refractivity contribution in [1.29, 1.82) is 0 Å². The van der Waals surface area contributed by atoms with E-state index >= 15 is 0 Å². The van der Waals surface area contributed by atoms with Gasteiger partial charge >= 0.3 is 5.97 Å². The highest BCUT2D eigenvalue weighted by Crippen LogP contribution is 2.49. The molecule has 28 heavy (non-hydrogen) atoms. The van der Waals surface area contributed by atoms with E-state index in [-0.39, 0.29) is 6.61 Å². The lowest BCUT2D eigenvalue weighted by molar-refractivity contribution is 0.0525. The normalized spacial score (nSPS) is 14.6. The van der Waals surface area contributed by atoms with E-state index < -0.39 is 12.1 Å². The van der Waals surface area contributed by atoms with Gasteiger partial charge in [-0.3, -0.25) is 4.98 Å². The number of para-hydroxylation sites is 1. The monoisotopic (exact) mass is 413 g/mol. The maximum absolute atomic E-state index is 12.8. The standard InChI is InChI=1S/C22H17Cl2NO3/c1-3-27-22(26)18-12(2)25-11-16-19(18)15-5-4-6-17(24)21(15)28-20(16)13-7-9-14(23)10-8-13/h4-11,20H,3H2,1-2H3. The molecule has 1 aromatic heterocycles. The number of esters is 1. The topological polar surface area (TPSA) is 48.4 Å². The molecule has 1 aliphatic rings.